The number of rotatable bonds is 6. The maximum atomic E-state index is 12.4. The van der Waals surface area contributed by atoms with Gasteiger partial charge in [-0.1, -0.05) is 12.1 Å². The molecule has 0 bridgehead atoms. The summed E-state index contributed by atoms with van der Waals surface area (Å²) in [5.41, 5.74) is 3.23. The summed E-state index contributed by atoms with van der Waals surface area (Å²) >= 11 is 0. The number of hydrogen-bond acceptors (Lipinski definition) is 4. The highest BCUT2D eigenvalue weighted by Gasteiger charge is 2.29. The number of piperazine rings is 1. The van der Waals surface area contributed by atoms with Gasteiger partial charge >= 0.3 is 0 Å². The van der Waals surface area contributed by atoms with E-state index in [1.54, 1.807) is 19.1 Å². The van der Waals surface area contributed by atoms with Crippen LogP contribution in [0, 0.1) is 6.92 Å². The summed E-state index contributed by atoms with van der Waals surface area (Å²) in [5.74, 6) is 2.34. The van der Waals surface area contributed by atoms with Crippen molar-refractivity contribution in [1.82, 2.24) is 9.97 Å². The second-order valence-corrected chi connectivity index (χ2v) is 8.41. The monoisotopic (exact) mass is 424 g/mol. The van der Waals surface area contributed by atoms with Crippen LogP contribution < -0.4 is 24.8 Å². The Hall–Kier alpha value is -2.90. The molecule has 2 heterocycles. The van der Waals surface area contributed by atoms with E-state index in [1.165, 1.54) is 16.0 Å². The maximum Gasteiger partial charge on any atom is 0.258 e. The molecule has 7 nitrogen and oxygen atoms in total. The molecule has 0 saturated carbocycles. The first-order valence-electron chi connectivity index (χ1n) is 10.9. The fourth-order valence-corrected chi connectivity index (χ4v) is 4.52. The van der Waals surface area contributed by atoms with Crippen LogP contribution in [0.5, 0.6) is 11.5 Å². The fourth-order valence-electron chi connectivity index (χ4n) is 4.52. The lowest BCUT2D eigenvalue weighted by atomic mass is 10.1. The van der Waals surface area contributed by atoms with Crippen LogP contribution in [0.2, 0.25) is 0 Å². The molecule has 1 aliphatic rings. The van der Waals surface area contributed by atoms with E-state index in [-0.39, 0.29) is 11.6 Å². The molecule has 0 unspecified atom stereocenters. The quantitative estimate of drug-likeness (QED) is 0.532. The highest BCUT2D eigenvalue weighted by atomic mass is 16.5. The minimum atomic E-state index is -0.0555. The second-order valence-electron chi connectivity index (χ2n) is 8.41. The molecule has 1 fully saturated rings. The van der Waals surface area contributed by atoms with Gasteiger partial charge in [-0.15, -0.1) is 0 Å². The van der Waals surface area contributed by atoms with Crippen LogP contribution in [0.4, 0.5) is 0 Å². The second kappa shape index (κ2) is 9.08. The van der Waals surface area contributed by atoms with Gasteiger partial charge in [-0.25, -0.2) is 4.98 Å². The standard InChI is InChI=1S/C24H30N4O3/c1-16-13-21(30-3)22(31-4)14-18(16)15-27-9-11-28(12-10-27)17(2)23-25-20-8-6-5-7-19(20)24(29)26-23/h5-8,13-14,17H,9-12,15H2,1-4H3,(H,25,26,29)/p+2/t17-/m1/s1. The molecule has 164 valence electrons. The Morgan fingerprint density at radius 3 is 2.45 bits per heavy atom. The van der Waals surface area contributed by atoms with Crippen LogP contribution >= 0.6 is 0 Å². The fraction of sp³-hybridized carbons (Fsp3) is 0.417. The number of nitrogens with one attached hydrogen (secondary N) is 3. The molecule has 4 rings (SSSR count). The van der Waals surface area contributed by atoms with Crippen molar-refractivity contribution >= 4 is 10.9 Å². The first-order chi connectivity index (χ1) is 15.0. The zero-order valence-electron chi connectivity index (χ0n) is 18.7. The molecule has 31 heavy (non-hydrogen) atoms. The first kappa shape index (κ1) is 21.3. The van der Waals surface area contributed by atoms with Gasteiger partial charge in [0, 0.05) is 5.56 Å². The molecule has 0 spiro atoms. The Morgan fingerprint density at radius 1 is 1.06 bits per heavy atom. The molecule has 1 atom stereocenters. The molecule has 1 saturated heterocycles. The van der Waals surface area contributed by atoms with E-state index in [4.69, 9.17) is 14.5 Å². The molecule has 3 aromatic rings. The van der Waals surface area contributed by atoms with Gasteiger partial charge < -0.3 is 24.3 Å². The average molecular weight is 425 g/mol. The van der Waals surface area contributed by atoms with E-state index in [0.717, 1.165) is 55.6 Å². The molecule has 7 heteroatoms. The smallest absolute Gasteiger partial charge is 0.258 e. The third-order valence-electron chi connectivity index (χ3n) is 6.54. The van der Waals surface area contributed by atoms with Crippen molar-refractivity contribution in [1.29, 1.82) is 0 Å². The number of aromatic amines is 1. The summed E-state index contributed by atoms with van der Waals surface area (Å²) in [4.78, 5) is 23.2. The number of aromatic nitrogens is 2. The Labute approximate surface area is 182 Å². The number of benzene rings is 2. The van der Waals surface area contributed by atoms with Gasteiger partial charge in [-0.05, 0) is 43.7 Å². The Kier molecular flexibility index (Phi) is 6.25. The van der Waals surface area contributed by atoms with Gasteiger partial charge in [-0.3, -0.25) is 4.79 Å². The molecule has 1 aliphatic heterocycles. The number of ether oxygens (including phenoxy) is 2. The number of quaternary nitrogens is 2. The SMILES string of the molecule is COc1cc(C)c(C[NH+]2CC[NH+]([C@H](C)c3nc4ccccc4c(=O)[nH]3)CC2)cc1OC. The number of nitrogens with zero attached hydrogens (tertiary/aromatic N) is 1. The molecular formula is C24H32N4O3+2. The predicted molar refractivity (Wildman–Crippen MR) is 120 cm³/mol. The molecule has 3 N–H and O–H groups in total. The zero-order chi connectivity index (χ0) is 22.0. The van der Waals surface area contributed by atoms with Crippen molar-refractivity contribution in [2.75, 3.05) is 40.4 Å². The maximum absolute atomic E-state index is 12.4. The third-order valence-corrected chi connectivity index (χ3v) is 6.54. The number of para-hydroxylation sites is 1. The number of methoxy groups -OCH3 is 2. The topological polar surface area (TPSA) is 73.1 Å². The van der Waals surface area contributed by atoms with Crippen LogP contribution in [0.15, 0.2) is 41.2 Å². The van der Waals surface area contributed by atoms with Gasteiger partial charge in [0.1, 0.15) is 38.8 Å². The third kappa shape index (κ3) is 4.43. The lowest BCUT2D eigenvalue weighted by Crippen LogP contribution is -3.27. The Morgan fingerprint density at radius 2 is 1.74 bits per heavy atom. The molecule has 1 aromatic heterocycles. The minimum Gasteiger partial charge on any atom is -0.493 e. The summed E-state index contributed by atoms with van der Waals surface area (Å²) in [6.07, 6.45) is 0. The summed E-state index contributed by atoms with van der Waals surface area (Å²) in [5, 5.41) is 0.646. The number of aryl methyl sites for hydroxylation is 1. The molecule has 0 amide bonds. The Balaban J connectivity index is 1.43. The van der Waals surface area contributed by atoms with Crippen LogP contribution in [-0.4, -0.2) is 50.4 Å². The normalized spacial score (nSPS) is 19.9. The zero-order valence-corrected chi connectivity index (χ0v) is 18.7. The number of H-pyrrole nitrogens is 1. The van der Waals surface area contributed by atoms with Crippen LogP contribution in [0.25, 0.3) is 10.9 Å². The van der Waals surface area contributed by atoms with E-state index < -0.39 is 0 Å². The van der Waals surface area contributed by atoms with Crippen molar-refractivity contribution in [2.24, 2.45) is 0 Å². The van der Waals surface area contributed by atoms with Crippen molar-refractivity contribution < 1.29 is 19.3 Å². The molecule has 0 aliphatic carbocycles. The summed E-state index contributed by atoms with van der Waals surface area (Å²) in [6.45, 7) is 9.49. The van der Waals surface area contributed by atoms with E-state index in [0.29, 0.717) is 5.39 Å². The lowest BCUT2D eigenvalue weighted by molar-refractivity contribution is -1.03. The number of hydrogen-bond donors (Lipinski definition) is 3. The lowest BCUT2D eigenvalue weighted by Gasteiger charge is -2.33. The predicted octanol–water partition coefficient (Wildman–Crippen LogP) is 0.293. The van der Waals surface area contributed by atoms with E-state index in [9.17, 15) is 4.79 Å². The van der Waals surface area contributed by atoms with Crippen molar-refractivity contribution in [3.05, 3.63) is 63.7 Å². The van der Waals surface area contributed by atoms with Crippen molar-refractivity contribution in [3.63, 3.8) is 0 Å². The van der Waals surface area contributed by atoms with Gasteiger partial charge in [0.25, 0.3) is 5.56 Å². The highest BCUT2D eigenvalue weighted by molar-refractivity contribution is 5.77. The Bertz CT molecular complexity index is 1120. The number of fused-ring (bicyclic) bond motifs is 1. The highest BCUT2D eigenvalue weighted by Crippen LogP contribution is 2.29. The molecule has 2 aromatic carbocycles. The van der Waals surface area contributed by atoms with E-state index in [1.807, 2.05) is 24.3 Å². The van der Waals surface area contributed by atoms with Gasteiger partial charge in [0.05, 0.1) is 25.1 Å². The average Bonchev–Trinajstić information content (AvgIpc) is 2.80. The molecule has 0 radical (unpaired) electrons. The van der Waals surface area contributed by atoms with Gasteiger partial charge in [-0.2, -0.15) is 0 Å². The van der Waals surface area contributed by atoms with E-state index in [2.05, 4.69) is 31.0 Å². The summed E-state index contributed by atoms with van der Waals surface area (Å²) in [7, 11) is 3.35. The van der Waals surface area contributed by atoms with Crippen LogP contribution in [0.1, 0.15) is 29.9 Å². The minimum absolute atomic E-state index is 0.0555. The van der Waals surface area contributed by atoms with Gasteiger partial charge in [0.2, 0.25) is 0 Å². The van der Waals surface area contributed by atoms with Crippen LogP contribution in [-0.2, 0) is 6.54 Å². The van der Waals surface area contributed by atoms with Crippen molar-refractivity contribution in [3.8, 4) is 11.5 Å². The van der Waals surface area contributed by atoms with E-state index >= 15 is 0 Å². The van der Waals surface area contributed by atoms with Crippen LogP contribution in [0.3, 0.4) is 0 Å². The summed E-state index contributed by atoms with van der Waals surface area (Å²) in [6, 6.07) is 11.8. The molecular weight excluding hydrogens is 392 g/mol. The largest absolute Gasteiger partial charge is 0.493 e. The summed E-state index contributed by atoms with van der Waals surface area (Å²) < 4.78 is 10.9. The first-order valence-corrected chi connectivity index (χ1v) is 10.9. The van der Waals surface area contributed by atoms with Gasteiger partial charge in [0.15, 0.2) is 17.3 Å². The van der Waals surface area contributed by atoms with Crippen molar-refractivity contribution in [2.45, 2.75) is 26.4 Å².